The largest absolute Gasteiger partial charge is 0.355 e. The fourth-order valence-electron chi connectivity index (χ4n) is 3.00. The lowest BCUT2D eigenvalue weighted by Gasteiger charge is -2.46. The summed E-state index contributed by atoms with van der Waals surface area (Å²) in [6.07, 6.45) is 1.88. The standard InChI is InChI=1S/C13H19N3/c1-10(2)16-8-11-7-15(9-12(11)16)13-5-3-4-6-14-13/h3-6,10-12H,7-9H2,1-2H3. The molecule has 2 aliphatic rings. The molecule has 0 bridgehead atoms. The van der Waals surface area contributed by atoms with E-state index in [1.54, 1.807) is 0 Å². The Balaban J connectivity index is 1.71. The molecule has 2 fully saturated rings. The molecule has 0 spiro atoms. The van der Waals surface area contributed by atoms with Crippen molar-refractivity contribution in [3.05, 3.63) is 24.4 Å². The van der Waals surface area contributed by atoms with Crippen molar-refractivity contribution in [1.82, 2.24) is 9.88 Å². The summed E-state index contributed by atoms with van der Waals surface area (Å²) in [6, 6.07) is 7.62. The van der Waals surface area contributed by atoms with Gasteiger partial charge in [0.15, 0.2) is 0 Å². The van der Waals surface area contributed by atoms with Crippen LogP contribution in [0.2, 0.25) is 0 Å². The Morgan fingerprint density at radius 2 is 2.12 bits per heavy atom. The third-order valence-corrected chi connectivity index (χ3v) is 3.91. The Kier molecular flexibility index (Phi) is 2.36. The average Bonchev–Trinajstić information content (AvgIpc) is 2.58. The van der Waals surface area contributed by atoms with Gasteiger partial charge in [0.25, 0.3) is 0 Å². The predicted molar refractivity (Wildman–Crippen MR) is 65.6 cm³/mol. The Morgan fingerprint density at radius 1 is 1.25 bits per heavy atom. The number of fused-ring (bicyclic) bond motifs is 1. The minimum atomic E-state index is 0.685. The van der Waals surface area contributed by atoms with Crippen molar-refractivity contribution in [1.29, 1.82) is 0 Å². The summed E-state index contributed by atoms with van der Waals surface area (Å²) in [5.41, 5.74) is 0. The van der Waals surface area contributed by atoms with E-state index >= 15 is 0 Å². The van der Waals surface area contributed by atoms with E-state index in [2.05, 4.69) is 40.8 Å². The average molecular weight is 217 g/mol. The third kappa shape index (κ3) is 1.50. The van der Waals surface area contributed by atoms with Gasteiger partial charge in [-0.3, -0.25) is 4.90 Å². The minimum Gasteiger partial charge on any atom is -0.355 e. The number of anilines is 1. The highest BCUT2D eigenvalue weighted by Crippen LogP contribution is 2.35. The molecule has 1 aromatic heterocycles. The van der Waals surface area contributed by atoms with Gasteiger partial charge in [0.1, 0.15) is 5.82 Å². The molecule has 2 saturated heterocycles. The van der Waals surface area contributed by atoms with Crippen LogP contribution in [0, 0.1) is 5.92 Å². The second-order valence-corrected chi connectivity index (χ2v) is 5.21. The van der Waals surface area contributed by atoms with Crippen LogP contribution in [0.5, 0.6) is 0 Å². The van der Waals surface area contributed by atoms with Crippen molar-refractivity contribution in [2.45, 2.75) is 25.9 Å². The van der Waals surface area contributed by atoms with Gasteiger partial charge in [0.05, 0.1) is 0 Å². The molecule has 0 aromatic carbocycles. The second kappa shape index (κ2) is 3.74. The summed E-state index contributed by atoms with van der Waals surface area (Å²) in [6.45, 7) is 8.19. The number of nitrogens with zero attached hydrogens (tertiary/aromatic N) is 3. The molecule has 16 heavy (non-hydrogen) atoms. The van der Waals surface area contributed by atoms with Crippen LogP contribution in [0.15, 0.2) is 24.4 Å². The van der Waals surface area contributed by atoms with E-state index in [1.807, 2.05) is 12.3 Å². The summed E-state index contributed by atoms with van der Waals surface area (Å²) >= 11 is 0. The first kappa shape index (κ1) is 10.1. The summed E-state index contributed by atoms with van der Waals surface area (Å²) < 4.78 is 0. The normalized spacial score (nSPS) is 29.3. The van der Waals surface area contributed by atoms with E-state index in [9.17, 15) is 0 Å². The maximum Gasteiger partial charge on any atom is 0.128 e. The van der Waals surface area contributed by atoms with Gasteiger partial charge < -0.3 is 4.90 Å². The lowest BCUT2D eigenvalue weighted by Crippen LogP contribution is -2.58. The summed E-state index contributed by atoms with van der Waals surface area (Å²) in [4.78, 5) is 9.47. The van der Waals surface area contributed by atoms with Gasteiger partial charge in [0.2, 0.25) is 0 Å². The van der Waals surface area contributed by atoms with Crippen LogP contribution in [0.25, 0.3) is 0 Å². The van der Waals surface area contributed by atoms with Crippen molar-refractivity contribution in [2.75, 3.05) is 24.5 Å². The number of rotatable bonds is 2. The number of aromatic nitrogens is 1. The van der Waals surface area contributed by atoms with E-state index < -0.39 is 0 Å². The van der Waals surface area contributed by atoms with Crippen LogP contribution in [0.4, 0.5) is 5.82 Å². The molecule has 3 heteroatoms. The van der Waals surface area contributed by atoms with Crippen LogP contribution in [0.3, 0.4) is 0 Å². The molecule has 3 heterocycles. The Bertz CT molecular complexity index is 363. The first-order valence-corrected chi connectivity index (χ1v) is 6.17. The topological polar surface area (TPSA) is 19.4 Å². The van der Waals surface area contributed by atoms with Gasteiger partial charge in [-0.1, -0.05) is 6.07 Å². The van der Waals surface area contributed by atoms with Gasteiger partial charge in [-0.15, -0.1) is 0 Å². The molecule has 2 aliphatic heterocycles. The highest BCUT2D eigenvalue weighted by Gasteiger charge is 2.46. The zero-order valence-corrected chi connectivity index (χ0v) is 10.0. The minimum absolute atomic E-state index is 0.685. The lowest BCUT2D eigenvalue weighted by molar-refractivity contribution is 0.0218. The SMILES string of the molecule is CC(C)N1CC2CN(c3ccccn3)CC21. The molecule has 2 unspecified atom stereocenters. The first-order valence-electron chi connectivity index (χ1n) is 6.17. The van der Waals surface area contributed by atoms with Crippen LogP contribution < -0.4 is 4.90 Å². The van der Waals surface area contributed by atoms with Crippen LogP contribution >= 0.6 is 0 Å². The Morgan fingerprint density at radius 3 is 2.81 bits per heavy atom. The maximum absolute atomic E-state index is 4.43. The van der Waals surface area contributed by atoms with E-state index in [1.165, 1.54) is 13.1 Å². The zero-order valence-electron chi connectivity index (χ0n) is 10.0. The maximum atomic E-state index is 4.43. The Hall–Kier alpha value is -1.09. The Labute approximate surface area is 97.1 Å². The monoisotopic (exact) mass is 217 g/mol. The molecule has 86 valence electrons. The summed E-state index contributed by atoms with van der Waals surface area (Å²) in [5.74, 6) is 2.00. The van der Waals surface area contributed by atoms with Crippen molar-refractivity contribution < 1.29 is 0 Å². The van der Waals surface area contributed by atoms with E-state index in [0.717, 1.165) is 24.3 Å². The molecule has 3 nitrogen and oxygen atoms in total. The smallest absolute Gasteiger partial charge is 0.128 e. The highest BCUT2D eigenvalue weighted by molar-refractivity contribution is 5.41. The van der Waals surface area contributed by atoms with Gasteiger partial charge in [-0.25, -0.2) is 4.98 Å². The van der Waals surface area contributed by atoms with Crippen molar-refractivity contribution in [3.8, 4) is 0 Å². The zero-order chi connectivity index (χ0) is 11.1. The molecule has 0 saturated carbocycles. The first-order chi connectivity index (χ1) is 7.75. The lowest BCUT2D eigenvalue weighted by atomic mass is 9.90. The van der Waals surface area contributed by atoms with Gasteiger partial charge in [-0.05, 0) is 26.0 Å². The molecule has 0 aliphatic carbocycles. The van der Waals surface area contributed by atoms with E-state index in [4.69, 9.17) is 0 Å². The van der Waals surface area contributed by atoms with Gasteiger partial charge >= 0.3 is 0 Å². The molecular formula is C13H19N3. The van der Waals surface area contributed by atoms with E-state index in [-0.39, 0.29) is 0 Å². The number of hydrogen-bond donors (Lipinski definition) is 0. The summed E-state index contributed by atoms with van der Waals surface area (Å²) in [7, 11) is 0. The highest BCUT2D eigenvalue weighted by atomic mass is 15.3. The van der Waals surface area contributed by atoms with E-state index in [0.29, 0.717) is 6.04 Å². The summed E-state index contributed by atoms with van der Waals surface area (Å²) in [5, 5.41) is 0. The molecular weight excluding hydrogens is 198 g/mol. The van der Waals surface area contributed by atoms with Crippen LogP contribution in [-0.2, 0) is 0 Å². The van der Waals surface area contributed by atoms with Gasteiger partial charge in [0, 0.05) is 43.8 Å². The molecule has 0 radical (unpaired) electrons. The van der Waals surface area contributed by atoms with Crippen molar-refractivity contribution >= 4 is 5.82 Å². The quantitative estimate of drug-likeness (QED) is 0.750. The van der Waals surface area contributed by atoms with Crippen LogP contribution in [-0.4, -0.2) is 41.6 Å². The molecule has 0 N–H and O–H groups in total. The predicted octanol–water partition coefficient (Wildman–Crippen LogP) is 1.61. The number of hydrogen-bond acceptors (Lipinski definition) is 3. The molecule has 2 atom stereocenters. The number of pyridine rings is 1. The molecule has 3 rings (SSSR count). The second-order valence-electron chi connectivity index (χ2n) is 5.21. The van der Waals surface area contributed by atoms with Crippen LogP contribution in [0.1, 0.15) is 13.8 Å². The fourth-order valence-corrected chi connectivity index (χ4v) is 3.00. The van der Waals surface area contributed by atoms with Gasteiger partial charge in [-0.2, -0.15) is 0 Å². The molecule has 0 amide bonds. The van der Waals surface area contributed by atoms with Crippen molar-refractivity contribution in [2.24, 2.45) is 5.92 Å². The van der Waals surface area contributed by atoms with Crippen molar-refractivity contribution in [3.63, 3.8) is 0 Å². The fraction of sp³-hybridized carbons (Fsp3) is 0.615. The number of likely N-dealkylation sites (tertiary alicyclic amines) is 1. The third-order valence-electron chi connectivity index (χ3n) is 3.91. The molecule has 1 aromatic rings.